The topological polar surface area (TPSA) is 502 Å². The first-order chi connectivity index (χ1) is 47.8. The lowest BCUT2D eigenvalue weighted by atomic mass is 10.1. The Bertz CT molecular complexity index is 4060. The molecule has 544 valence electrons. The number of anilines is 4. The van der Waals surface area contributed by atoms with Crippen molar-refractivity contribution in [3.8, 4) is 0 Å². The third kappa shape index (κ3) is 18.0. The number of esters is 4. The Morgan fingerprint density at radius 3 is 0.950 bits per heavy atom. The molecule has 12 rings (SSSR count). The van der Waals surface area contributed by atoms with Crippen molar-refractivity contribution in [2.45, 2.75) is 167 Å². The number of carbonyl (C=O) groups is 4. The summed E-state index contributed by atoms with van der Waals surface area (Å²) in [7, 11) is 0. The van der Waals surface area contributed by atoms with Crippen LogP contribution < -0.4 is 22.9 Å². The first-order valence-corrected chi connectivity index (χ1v) is 36.5. The number of nitrogen functional groups attached to an aromatic ring is 4. The molecule has 4 aliphatic heterocycles. The highest BCUT2D eigenvalue weighted by atomic mass is 32.2. The molecule has 0 bridgehead atoms. The molecular weight excluding hydrogens is 1390 g/mol. The van der Waals surface area contributed by atoms with E-state index in [-0.39, 0.29) is 23.3 Å². The molecule has 4 fully saturated rings. The van der Waals surface area contributed by atoms with Gasteiger partial charge in [0.2, 0.25) is 0 Å². The number of rotatable bonds is 22. The Kier molecular flexibility index (Phi) is 26.7. The van der Waals surface area contributed by atoms with Crippen molar-refractivity contribution < 1.29 is 77.5 Å². The van der Waals surface area contributed by atoms with Gasteiger partial charge in [0.05, 0.1) is 37.5 Å². The van der Waals surface area contributed by atoms with E-state index < -0.39 is 122 Å². The van der Waals surface area contributed by atoms with E-state index in [0.29, 0.717) is 79.5 Å². The average Bonchev–Trinajstić information content (AvgIpc) is 1.63. The molecule has 0 spiro atoms. The first-order valence-electron chi connectivity index (χ1n) is 31.9. The number of nitrogens with zero attached hydrogens (tertiary/aromatic N) is 16. The molecule has 0 saturated carbocycles. The zero-order valence-corrected chi connectivity index (χ0v) is 59.7. The summed E-state index contributed by atoms with van der Waals surface area (Å²) in [6, 6.07) is 0. The molecule has 16 atom stereocenters. The number of ether oxygens (including phenoxy) is 8. The van der Waals surface area contributed by atoms with Crippen LogP contribution in [0.1, 0.15) is 94.1 Å². The molecule has 12 N–H and O–H groups in total. The van der Waals surface area contributed by atoms with E-state index in [4.69, 9.17) is 60.8 Å². The number of imidazole rings is 4. The molecule has 0 aromatic carbocycles. The van der Waals surface area contributed by atoms with Crippen LogP contribution in [-0.2, 0) is 57.1 Å². The van der Waals surface area contributed by atoms with E-state index in [1.807, 2.05) is 13.8 Å². The lowest BCUT2D eigenvalue weighted by Crippen LogP contribution is -2.39. The van der Waals surface area contributed by atoms with Crippen LogP contribution in [0, 0.1) is 11.8 Å². The highest BCUT2D eigenvalue weighted by molar-refractivity contribution is 7.99. The predicted octanol–water partition coefficient (Wildman–Crippen LogP) is 2.68. The van der Waals surface area contributed by atoms with Gasteiger partial charge in [-0.25, -0.2) is 59.8 Å². The Morgan fingerprint density at radius 2 is 0.660 bits per heavy atom. The van der Waals surface area contributed by atoms with Crippen molar-refractivity contribution in [3.05, 3.63) is 50.6 Å². The fourth-order valence-electron chi connectivity index (χ4n) is 11.2. The second-order valence-electron chi connectivity index (χ2n) is 24.0. The van der Waals surface area contributed by atoms with E-state index in [1.54, 1.807) is 65.3 Å². The highest BCUT2D eigenvalue weighted by Gasteiger charge is 2.52. The molecule has 4 saturated heterocycles. The van der Waals surface area contributed by atoms with Gasteiger partial charge >= 0.3 is 23.9 Å². The zero-order chi connectivity index (χ0) is 72.2. The number of fused-ring (bicyclic) bond motifs is 4. The van der Waals surface area contributed by atoms with Crippen LogP contribution in [0.25, 0.3) is 44.7 Å². The lowest BCUT2D eigenvalue weighted by Gasteiger charge is -2.23. The van der Waals surface area contributed by atoms with E-state index in [0.717, 1.165) is 23.0 Å². The Hall–Kier alpha value is -7.64. The maximum atomic E-state index is 11.8. The molecule has 4 aliphatic rings. The Balaban J connectivity index is 0.000000157. The van der Waals surface area contributed by atoms with Gasteiger partial charge in [-0.05, 0) is 34.8 Å². The minimum atomic E-state index is -1.05. The normalized spacial score (nSPS) is 26.3. The van der Waals surface area contributed by atoms with Gasteiger partial charge < -0.3 is 81.3 Å². The minimum absolute atomic E-state index is 0.232. The summed E-state index contributed by atoms with van der Waals surface area (Å²) in [6.07, 6.45) is -0.651. The molecule has 40 heteroatoms. The summed E-state index contributed by atoms with van der Waals surface area (Å²) in [6.45, 7) is 17.8. The van der Waals surface area contributed by atoms with Crippen LogP contribution in [0.3, 0.4) is 0 Å². The molecule has 0 radical (unpaired) electrons. The lowest BCUT2D eigenvalue weighted by molar-refractivity contribution is -0.165. The monoisotopic (exact) mass is 1470 g/mol. The van der Waals surface area contributed by atoms with Crippen molar-refractivity contribution in [2.24, 2.45) is 11.8 Å². The number of nitrogens with two attached hydrogens (primary N) is 4. The number of aliphatic hydroxyl groups excluding tert-OH is 4. The number of carbonyl (C=O) groups excluding carboxylic acids is 4. The number of aliphatic hydroxyl groups is 4. The van der Waals surface area contributed by atoms with Gasteiger partial charge in [0.1, 0.15) is 84.0 Å². The highest BCUT2D eigenvalue weighted by Crippen LogP contribution is 2.40. The first kappa shape index (κ1) is 76.5. The molecule has 36 nitrogen and oxygen atoms in total. The maximum absolute atomic E-state index is 11.8. The van der Waals surface area contributed by atoms with Crippen molar-refractivity contribution in [1.29, 1.82) is 0 Å². The number of hydrogen-bond acceptors (Lipinski definition) is 36. The van der Waals surface area contributed by atoms with Gasteiger partial charge in [-0.3, -0.25) is 37.4 Å². The zero-order valence-electron chi connectivity index (χ0n) is 56.5. The van der Waals surface area contributed by atoms with Gasteiger partial charge in [0.25, 0.3) is 0 Å². The standard InChI is InChI=1S/C18H25N5O5S.C16H21N5O5S.C14H21N5O3S.C12H17N5O3S/c1-9(2)5-29-6-12-14(26-10(3)24)15(27-11(4)25)18(28-12)23-8-22-13-16(19)20-7-21-17(13)23;1-4-27-5-10-12(24-8(2)22)13(25-9(3)23)16(26-10)21-7-20-11-14(17)18-6-19-15(11)21;1-7(2)3-23-4-8-10(20)11(21)14(22-8)19-6-18-9-12(15)16-5-17-13(9)19;1-2-21-3-6-8(18)9(19)12(20-6)17-5-16-7-10(13)14-4-15-11(7)17/h7-9,12,14-15,18H,5-6H2,1-4H3,(H2,19,20,21);6-7,10,12-13,16H,4-5H2,1-3H3,(H2,17,18,19);5-8,10-11,14,20-21H,3-4H2,1-2H3,(H2,15,16,17);4-6,8-9,12,18-19H,2-3H2,1H3,(H2,13,14,15)/t12-,14-,15-,18-;10-,12-,13-,16-;8-,10-,11-,14-;6-,8-,9-,12-/m1111/s1. The summed E-state index contributed by atoms with van der Waals surface area (Å²) in [5.41, 5.74) is 26.8. The largest absolute Gasteiger partial charge is 0.456 e. The summed E-state index contributed by atoms with van der Waals surface area (Å²) >= 11 is 6.68. The average molecular weight is 1470 g/mol. The van der Waals surface area contributed by atoms with Crippen LogP contribution >= 0.6 is 47.0 Å². The van der Waals surface area contributed by atoms with Crippen molar-refractivity contribution in [1.82, 2.24) is 78.1 Å². The third-order valence-corrected chi connectivity index (χ3v) is 20.4. The molecule has 8 aromatic rings. The summed E-state index contributed by atoms with van der Waals surface area (Å²) in [5.74, 6) is 6.20. The van der Waals surface area contributed by atoms with Crippen LogP contribution in [0.5, 0.6) is 0 Å². The van der Waals surface area contributed by atoms with Crippen molar-refractivity contribution in [3.63, 3.8) is 0 Å². The van der Waals surface area contributed by atoms with E-state index in [9.17, 15) is 39.6 Å². The second-order valence-corrected chi connectivity index (χ2v) is 28.8. The molecule has 0 unspecified atom stereocenters. The number of thioether (sulfide) groups is 4. The Labute approximate surface area is 590 Å². The molecule has 100 heavy (non-hydrogen) atoms. The van der Waals surface area contributed by atoms with E-state index in [1.165, 1.54) is 78.3 Å². The molecule has 0 aliphatic carbocycles. The molecule has 0 amide bonds. The van der Waals surface area contributed by atoms with E-state index in [2.05, 4.69) is 87.5 Å². The number of hydrogen-bond donors (Lipinski definition) is 8. The van der Waals surface area contributed by atoms with Crippen LogP contribution in [-0.4, -0.2) is 242 Å². The van der Waals surface area contributed by atoms with Crippen LogP contribution in [0.2, 0.25) is 0 Å². The molecule has 12 heterocycles. The van der Waals surface area contributed by atoms with E-state index >= 15 is 0 Å². The van der Waals surface area contributed by atoms with Crippen molar-refractivity contribution in [2.75, 3.05) is 69.0 Å². The third-order valence-electron chi connectivity index (χ3n) is 15.5. The predicted molar refractivity (Wildman–Crippen MR) is 371 cm³/mol. The fraction of sp³-hybridized carbons (Fsp3) is 0.600. The summed E-state index contributed by atoms with van der Waals surface area (Å²) in [4.78, 5) is 95.9. The smallest absolute Gasteiger partial charge is 0.303 e. The van der Waals surface area contributed by atoms with Gasteiger partial charge in [0, 0.05) is 50.7 Å². The minimum Gasteiger partial charge on any atom is -0.456 e. The number of aromatic nitrogens is 16. The molecule has 8 aromatic heterocycles. The summed E-state index contributed by atoms with van der Waals surface area (Å²) < 4.78 is 52.4. The SMILES string of the molecule is CC(=O)O[C@@H]1[C@H](OC(C)=O)[C@@H](CSCC(C)C)O[C@H]1n1cnc2c(N)ncnc21.CC(C)CSC[C@H]1O[C@@H](n2cnc3c(N)ncnc32)[C@H](O)[C@@H]1O.CCSC[C@H]1O[C@@H](n2cnc3c(N)ncnc32)[C@H](O)[C@@H]1O.CCSC[C@H]1O[C@@H](n2cnc3c(N)ncnc32)[C@H](OC(C)=O)[C@@H]1OC(C)=O. The maximum Gasteiger partial charge on any atom is 0.303 e. The molecular formula is C60H84N20O16S4. The summed E-state index contributed by atoms with van der Waals surface area (Å²) in [5, 5.41) is 40.9. The Morgan fingerprint density at radius 1 is 0.400 bits per heavy atom. The van der Waals surface area contributed by atoms with Crippen molar-refractivity contribution >= 4 is 139 Å². The quantitative estimate of drug-likeness (QED) is 0.0357. The van der Waals surface area contributed by atoms with Crippen LogP contribution in [0.4, 0.5) is 23.3 Å². The fourth-order valence-corrected chi connectivity index (χ4v) is 14.9. The van der Waals surface area contributed by atoms with Gasteiger partial charge in [-0.1, -0.05) is 41.5 Å². The second kappa shape index (κ2) is 34.8. The van der Waals surface area contributed by atoms with Gasteiger partial charge in [-0.2, -0.15) is 47.0 Å². The van der Waals surface area contributed by atoms with Crippen LogP contribution in [0.15, 0.2) is 50.6 Å². The van der Waals surface area contributed by atoms with Gasteiger partial charge in [-0.15, -0.1) is 0 Å². The van der Waals surface area contributed by atoms with Gasteiger partial charge in [0.15, 0.2) is 95.2 Å².